The van der Waals surface area contributed by atoms with Crippen molar-refractivity contribution in [1.29, 1.82) is 5.41 Å². The summed E-state index contributed by atoms with van der Waals surface area (Å²) in [6.45, 7) is 6.00. The highest BCUT2D eigenvalue weighted by Gasteiger charge is 1.89. The number of benzene rings is 1. The van der Waals surface area contributed by atoms with Gasteiger partial charge in [-0.25, -0.2) is 0 Å². The van der Waals surface area contributed by atoms with Gasteiger partial charge in [0.25, 0.3) is 0 Å². The number of amidine groups is 1. The predicted molar refractivity (Wildman–Crippen MR) is 48.7 cm³/mol. The number of hydrogen-bond acceptors (Lipinski definition) is 1. The molecular formula is C9H12N2. The summed E-state index contributed by atoms with van der Waals surface area (Å²) in [6, 6.07) is 9.23. The molecule has 1 aromatic carbocycles. The topological polar surface area (TPSA) is 49.9 Å². The van der Waals surface area contributed by atoms with Gasteiger partial charge in [0.05, 0.1) is 0 Å². The second kappa shape index (κ2) is 5.23. The summed E-state index contributed by atoms with van der Waals surface area (Å²) in [5.74, 6) is 0.121. The monoisotopic (exact) mass is 148 g/mol. The first-order chi connectivity index (χ1) is 5.30. The van der Waals surface area contributed by atoms with E-state index in [0.29, 0.717) is 0 Å². The summed E-state index contributed by atoms with van der Waals surface area (Å²) in [6.07, 6.45) is 0. The molecule has 0 atom stereocenters. The standard InChI is InChI=1S/C7H8N2.C2H4/c8-7(9)6-4-2-1-3-5-6;1-2/h1-5H,(H3,8,9);1-2H2. The molecule has 0 bridgehead atoms. The van der Waals surface area contributed by atoms with Crippen LogP contribution in [0.25, 0.3) is 0 Å². The lowest BCUT2D eigenvalue weighted by Crippen LogP contribution is -2.10. The lowest BCUT2D eigenvalue weighted by Gasteiger charge is -1.93. The fraction of sp³-hybridized carbons (Fsp3) is 0. The van der Waals surface area contributed by atoms with Crippen molar-refractivity contribution in [1.82, 2.24) is 0 Å². The van der Waals surface area contributed by atoms with Crippen molar-refractivity contribution in [3.05, 3.63) is 49.1 Å². The summed E-state index contributed by atoms with van der Waals surface area (Å²) in [5.41, 5.74) is 5.97. The average Bonchev–Trinajstić information content (AvgIpc) is 2.10. The van der Waals surface area contributed by atoms with Crippen molar-refractivity contribution in [3.63, 3.8) is 0 Å². The van der Waals surface area contributed by atoms with Crippen LogP contribution in [0.2, 0.25) is 0 Å². The molecule has 11 heavy (non-hydrogen) atoms. The van der Waals surface area contributed by atoms with Gasteiger partial charge in [0.15, 0.2) is 0 Å². The zero-order valence-electron chi connectivity index (χ0n) is 6.38. The molecule has 0 aliphatic rings. The Morgan fingerprint density at radius 1 is 1.18 bits per heavy atom. The predicted octanol–water partition coefficient (Wildman–Crippen LogP) is 1.77. The van der Waals surface area contributed by atoms with Gasteiger partial charge in [-0.15, -0.1) is 13.2 Å². The van der Waals surface area contributed by atoms with Gasteiger partial charge in [-0.05, 0) is 0 Å². The molecule has 0 aromatic heterocycles. The van der Waals surface area contributed by atoms with Gasteiger partial charge >= 0.3 is 0 Å². The second-order valence-corrected chi connectivity index (χ2v) is 1.78. The number of nitrogen functional groups attached to an aromatic ring is 1. The van der Waals surface area contributed by atoms with Crippen LogP contribution in [0.4, 0.5) is 0 Å². The van der Waals surface area contributed by atoms with Crippen LogP contribution < -0.4 is 5.73 Å². The zero-order valence-corrected chi connectivity index (χ0v) is 6.38. The fourth-order valence-corrected chi connectivity index (χ4v) is 0.618. The molecule has 0 spiro atoms. The summed E-state index contributed by atoms with van der Waals surface area (Å²) in [7, 11) is 0. The molecule has 58 valence electrons. The van der Waals surface area contributed by atoms with Crippen LogP contribution in [-0.4, -0.2) is 5.84 Å². The second-order valence-electron chi connectivity index (χ2n) is 1.78. The molecule has 1 aromatic rings. The SMILES string of the molecule is C=C.N=C(N)c1ccccc1. The highest BCUT2D eigenvalue weighted by molar-refractivity contribution is 5.94. The van der Waals surface area contributed by atoms with E-state index in [4.69, 9.17) is 11.1 Å². The third kappa shape index (κ3) is 3.20. The highest BCUT2D eigenvalue weighted by atomic mass is 14.7. The Labute approximate surface area is 66.9 Å². The van der Waals surface area contributed by atoms with E-state index in [1.54, 1.807) is 0 Å². The van der Waals surface area contributed by atoms with E-state index in [-0.39, 0.29) is 5.84 Å². The molecule has 0 aliphatic heterocycles. The molecule has 0 amide bonds. The van der Waals surface area contributed by atoms with E-state index >= 15 is 0 Å². The van der Waals surface area contributed by atoms with Crippen LogP contribution in [0.1, 0.15) is 5.56 Å². The van der Waals surface area contributed by atoms with Crippen molar-refractivity contribution >= 4 is 5.84 Å². The van der Waals surface area contributed by atoms with Gasteiger partial charge in [0, 0.05) is 5.56 Å². The maximum absolute atomic E-state index is 7.01. The third-order valence-electron chi connectivity index (χ3n) is 1.08. The van der Waals surface area contributed by atoms with Gasteiger partial charge in [-0.1, -0.05) is 30.3 Å². The molecule has 0 heterocycles. The molecule has 3 N–H and O–H groups in total. The quantitative estimate of drug-likeness (QED) is 0.356. The Morgan fingerprint density at radius 3 is 1.91 bits per heavy atom. The third-order valence-corrected chi connectivity index (χ3v) is 1.08. The minimum atomic E-state index is 0.121. The van der Waals surface area contributed by atoms with Crippen LogP contribution in [0, 0.1) is 5.41 Å². The molecule has 0 fully saturated rings. The molecule has 0 radical (unpaired) electrons. The molecule has 0 saturated carbocycles. The minimum absolute atomic E-state index is 0.121. The van der Waals surface area contributed by atoms with E-state index in [9.17, 15) is 0 Å². The fourth-order valence-electron chi connectivity index (χ4n) is 0.618. The molecule has 2 nitrogen and oxygen atoms in total. The first-order valence-corrected chi connectivity index (χ1v) is 3.20. The molecule has 1 rings (SSSR count). The van der Waals surface area contributed by atoms with E-state index in [1.165, 1.54) is 0 Å². The van der Waals surface area contributed by atoms with Crippen LogP contribution in [0.5, 0.6) is 0 Å². The summed E-state index contributed by atoms with van der Waals surface area (Å²) < 4.78 is 0. The van der Waals surface area contributed by atoms with E-state index < -0.39 is 0 Å². The number of rotatable bonds is 1. The van der Waals surface area contributed by atoms with Crippen molar-refractivity contribution in [3.8, 4) is 0 Å². The number of nitrogens with two attached hydrogens (primary N) is 1. The average molecular weight is 148 g/mol. The first kappa shape index (κ1) is 9.43. The summed E-state index contributed by atoms with van der Waals surface area (Å²) >= 11 is 0. The van der Waals surface area contributed by atoms with E-state index in [2.05, 4.69) is 13.2 Å². The molecule has 0 unspecified atom stereocenters. The van der Waals surface area contributed by atoms with Gasteiger partial charge in [-0.3, -0.25) is 5.41 Å². The lowest BCUT2D eigenvalue weighted by molar-refractivity contribution is 1.42. The molecular weight excluding hydrogens is 136 g/mol. The van der Waals surface area contributed by atoms with Gasteiger partial charge in [0.2, 0.25) is 0 Å². The molecule has 0 aliphatic carbocycles. The smallest absolute Gasteiger partial charge is 0.122 e. The van der Waals surface area contributed by atoms with Crippen LogP contribution >= 0.6 is 0 Å². The largest absolute Gasteiger partial charge is 0.384 e. The Hall–Kier alpha value is -1.57. The van der Waals surface area contributed by atoms with E-state index in [0.717, 1.165) is 5.56 Å². The Morgan fingerprint density at radius 2 is 1.64 bits per heavy atom. The Balaban J connectivity index is 0.000000461. The summed E-state index contributed by atoms with van der Waals surface area (Å²) in [4.78, 5) is 0. The van der Waals surface area contributed by atoms with Gasteiger partial charge < -0.3 is 5.73 Å². The molecule has 0 saturated heterocycles. The van der Waals surface area contributed by atoms with Crippen LogP contribution in [0.3, 0.4) is 0 Å². The highest BCUT2D eigenvalue weighted by Crippen LogP contribution is 1.94. The first-order valence-electron chi connectivity index (χ1n) is 3.20. The maximum atomic E-state index is 7.01. The van der Waals surface area contributed by atoms with Gasteiger partial charge in [-0.2, -0.15) is 0 Å². The van der Waals surface area contributed by atoms with Crippen molar-refractivity contribution in [2.75, 3.05) is 0 Å². The minimum Gasteiger partial charge on any atom is -0.384 e. The van der Waals surface area contributed by atoms with Crippen LogP contribution in [-0.2, 0) is 0 Å². The zero-order chi connectivity index (χ0) is 8.69. The number of nitrogens with one attached hydrogen (secondary N) is 1. The maximum Gasteiger partial charge on any atom is 0.122 e. The van der Waals surface area contributed by atoms with Gasteiger partial charge in [0.1, 0.15) is 5.84 Å². The normalized spacial score (nSPS) is 7.64. The Kier molecular flexibility index (Phi) is 4.49. The number of hydrogen-bond donors (Lipinski definition) is 2. The molecule has 2 heteroatoms. The Bertz CT molecular complexity index is 216. The lowest BCUT2D eigenvalue weighted by atomic mass is 10.2. The van der Waals surface area contributed by atoms with Crippen molar-refractivity contribution in [2.24, 2.45) is 5.73 Å². The summed E-state index contributed by atoms with van der Waals surface area (Å²) in [5, 5.41) is 7.01. The van der Waals surface area contributed by atoms with Crippen molar-refractivity contribution < 1.29 is 0 Å². The van der Waals surface area contributed by atoms with Crippen LogP contribution in [0.15, 0.2) is 43.5 Å². The van der Waals surface area contributed by atoms with Crippen molar-refractivity contribution in [2.45, 2.75) is 0 Å². The van der Waals surface area contributed by atoms with E-state index in [1.807, 2.05) is 30.3 Å².